The molecule has 2 saturated carbocycles. The molecule has 9 atom stereocenters. The molecule has 7 unspecified atom stereocenters. The Kier molecular flexibility index (Phi) is 6.01. The number of amides is 2. The summed E-state index contributed by atoms with van der Waals surface area (Å²) in [5.74, 6) is 0.702. The van der Waals surface area contributed by atoms with Crippen LogP contribution in [-0.2, 0) is 9.59 Å². The predicted octanol–water partition coefficient (Wildman–Crippen LogP) is 2.22. The summed E-state index contributed by atoms with van der Waals surface area (Å²) in [7, 11) is 0. The standard InChI is InChI=1S/C24H39FN4O2/c1-14-6-9-21(25)20-11-22(27-23(14)20)24(31)26-16-4-3-5-17(10-16)29-18-7-8-19(29)13-28(12-18)15(2)30/h14,16-23,27H,3-13H2,1-2H3,(H,26,31)/t14?,16-,17-,18?,19?,20?,21?,22?,23?/m1/s1. The Balaban J connectivity index is 1.17. The van der Waals surface area contributed by atoms with Crippen LogP contribution in [0.5, 0.6) is 0 Å². The number of nitrogens with zero attached hydrogens (tertiary/aromatic N) is 2. The summed E-state index contributed by atoms with van der Waals surface area (Å²) in [5.41, 5.74) is 0. The number of carbonyl (C=O) groups excluding carboxylic acids is 2. The molecule has 3 saturated heterocycles. The predicted molar refractivity (Wildman–Crippen MR) is 117 cm³/mol. The number of carbonyl (C=O) groups is 2. The highest BCUT2D eigenvalue weighted by Gasteiger charge is 2.47. The number of alkyl halides is 1. The average molecular weight is 435 g/mol. The van der Waals surface area contributed by atoms with Crippen molar-refractivity contribution in [1.82, 2.24) is 20.4 Å². The monoisotopic (exact) mass is 434 g/mol. The molecule has 174 valence electrons. The Morgan fingerprint density at radius 1 is 0.968 bits per heavy atom. The second-order valence-electron chi connectivity index (χ2n) is 11.0. The fraction of sp³-hybridized carbons (Fsp3) is 0.917. The van der Waals surface area contributed by atoms with Crippen molar-refractivity contribution in [3.05, 3.63) is 0 Å². The number of piperazine rings is 1. The zero-order valence-corrected chi connectivity index (χ0v) is 19.1. The van der Waals surface area contributed by atoms with Crippen molar-refractivity contribution in [2.24, 2.45) is 11.8 Å². The van der Waals surface area contributed by atoms with Crippen molar-refractivity contribution >= 4 is 11.8 Å². The van der Waals surface area contributed by atoms with E-state index in [2.05, 4.69) is 22.5 Å². The molecular formula is C24H39FN4O2. The van der Waals surface area contributed by atoms with Gasteiger partial charge >= 0.3 is 0 Å². The van der Waals surface area contributed by atoms with Crippen LogP contribution < -0.4 is 10.6 Å². The van der Waals surface area contributed by atoms with Crippen molar-refractivity contribution in [3.8, 4) is 0 Å². The van der Waals surface area contributed by atoms with E-state index in [0.717, 1.165) is 38.8 Å². The first kappa shape index (κ1) is 21.6. The lowest BCUT2D eigenvalue weighted by Crippen LogP contribution is -2.60. The number of likely N-dealkylation sites (tertiary alicyclic amines) is 1. The normalized spacial score (nSPS) is 45.4. The van der Waals surface area contributed by atoms with Gasteiger partial charge in [0.2, 0.25) is 11.8 Å². The fourth-order valence-corrected chi connectivity index (χ4v) is 7.46. The molecule has 5 rings (SSSR count). The molecule has 2 aliphatic carbocycles. The summed E-state index contributed by atoms with van der Waals surface area (Å²) in [5, 5.41) is 6.81. The van der Waals surface area contributed by atoms with Gasteiger partial charge in [-0.15, -0.1) is 0 Å². The Bertz CT molecular complexity index is 673. The lowest BCUT2D eigenvalue weighted by atomic mass is 9.77. The maximum atomic E-state index is 14.4. The number of halogens is 1. The van der Waals surface area contributed by atoms with Crippen molar-refractivity contribution in [2.75, 3.05) is 13.1 Å². The lowest BCUT2D eigenvalue weighted by molar-refractivity contribution is -0.133. The third kappa shape index (κ3) is 4.12. The highest BCUT2D eigenvalue weighted by Crippen LogP contribution is 2.39. The first-order chi connectivity index (χ1) is 14.9. The van der Waals surface area contributed by atoms with Gasteiger partial charge in [0.25, 0.3) is 0 Å². The van der Waals surface area contributed by atoms with Gasteiger partial charge in [-0.1, -0.05) is 6.92 Å². The van der Waals surface area contributed by atoms with Gasteiger partial charge < -0.3 is 15.5 Å². The van der Waals surface area contributed by atoms with E-state index in [4.69, 9.17) is 0 Å². The fourth-order valence-electron chi connectivity index (χ4n) is 7.46. The van der Waals surface area contributed by atoms with Gasteiger partial charge in [0.1, 0.15) is 6.17 Å². The second-order valence-corrected chi connectivity index (χ2v) is 11.0. The minimum atomic E-state index is -0.769. The maximum absolute atomic E-state index is 14.4. The van der Waals surface area contributed by atoms with Gasteiger partial charge in [-0.2, -0.15) is 0 Å². The summed E-state index contributed by atoms with van der Waals surface area (Å²) >= 11 is 0. The highest BCUT2D eigenvalue weighted by molar-refractivity contribution is 5.82. The Morgan fingerprint density at radius 3 is 2.39 bits per heavy atom. The van der Waals surface area contributed by atoms with Gasteiger partial charge in [-0.05, 0) is 63.7 Å². The summed E-state index contributed by atoms with van der Waals surface area (Å²) in [6.07, 6.45) is 8.13. The van der Waals surface area contributed by atoms with Gasteiger partial charge in [0, 0.05) is 56.1 Å². The minimum Gasteiger partial charge on any atom is -0.352 e. The number of nitrogens with one attached hydrogen (secondary N) is 2. The van der Waals surface area contributed by atoms with E-state index < -0.39 is 6.17 Å². The van der Waals surface area contributed by atoms with Crippen LogP contribution in [0.15, 0.2) is 0 Å². The molecule has 0 aromatic rings. The summed E-state index contributed by atoms with van der Waals surface area (Å²) < 4.78 is 14.4. The molecule has 5 aliphatic rings. The van der Waals surface area contributed by atoms with Crippen LogP contribution in [0.4, 0.5) is 4.39 Å². The second kappa shape index (κ2) is 8.62. The SMILES string of the molecule is CC(=O)N1CC2CCC(C1)N2[C@@H]1CCC[C@@H](NC(=O)C2CC3C(F)CCC(C)C3N2)C1. The van der Waals surface area contributed by atoms with Gasteiger partial charge in [-0.3, -0.25) is 14.5 Å². The van der Waals surface area contributed by atoms with Gasteiger partial charge in [0.05, 0.1) is 6.04 Å². The number of hydrogen-bond donors (Lipinski definition) is 2. The first-order valence-corrected chi connectivity index (χ1v) is 12.6. The van der Waals surface area contributed by atoms with Crippen LogP contribution in [0, 0.1) is 11.8 Å². The van der Waals surface area contributed by atoms with Crippen LogP contribution in [0.25, 0.3) is 0 Å². The van der Waals surface area contributed by atoms with Gasteiger partial charge in [-0.25, -0.2) is 4.39 Å². The summed E-state index contributed by atoms with van der Waals surface area (Å²) in [4.78, 5) is 29.6. The van der Waals surface area contributed by atoms with E-state index in [-0.39, 0.29) is 35.9 Å². The topological polar surface area (TPSA) is 64.7 Å². The molecule has 0 aromatic heterocycles. The van der Waals surface area contributed by atoms with Crippen molar-refractivity contribution < 1.29 is 14.0 Å². The smallest absolute Gasteiger partial charge is 0.237 e. The van der Waals surface area contributed by atoms with Crippen LogP contribution >= 0.6 is 0 Å². The zero-order chi connectivity index (χ0) is 21.7. The number of rotatable bonds is 3. The van der Waals surface area contributed by atoms with Crippen LogP contribution in [-0.4, -0.2) is 77.1 Å². The van der Waals surface area contributed by atoms with Crippen LogP contribution in [0.2, 0.25) is 0 Å². The van der Waals surface area contributed by atoms with E-state index in [1.165, 1.54) is 19.3 Å². The van der Waals surface area contributed by atoms with Crippen molar-refractivity contribution in [1.29, 1.82) is 0 Å². The maximum Gasteiger partial charge on any atom is 0.237 e. The van der Waals surface area contributed by atoms with E-state index in [0.29, 0.717) is 36.9 Å². The third-order valence-electron chi connectivity index (χ3n) is 9.05. The molecule has 31 heavy (non-hydrogen) atoms. The van der Waals surface area contributed by atoms with E-state index >= 15 is 0 Å². The molecule has 2 bridgehead atoms. The molecule has 0 aromatic carbocycles. The molecule has 7 heteroatoms. The van der Waals surface area contributed by atoms with Crippen LogP contribution in [0.1, 0.15) is 71.6 Å². The average Bonchev–Trinajstić information content (AvgIpc) is 3.31. The molecule has 2 N–H and O–H groups in total. The van der Waals surface area contributed by atoms with E-state index in [1.807, 2.05) is 4.90 Å². The molecule has 2 amide bonds. The minimum absolute atomic E-state index is 0.00759. The molecule has 0 spiro atoms. The zero-order valence-electron chi connectivity index (χ0n) is 19.1. The Morgan fingerprint density at radius 2 is 1.71 bits per heavy atom. The Labute approximate surface area is 185 Å². The van der Waals surface area contributed by atoms with E-state index in [9.17, 15) is 14.0 Å². The molecule has 0 radical (unpaired) electrons. The molecular weight excluding hydrogens is 395 g/mol. The van der Waals surface area contributed by atoms with Gasteiger partial charge in [0.15, 0.2) is 0 Å². The summed E-state index contributed by atoms with van der Waals surface area (Å²) in [6, 6.07) is 1.56. The number of fused-ring (bicyclic) bond motifs is 3. The summed E-state index contributed by atoms with van der Waals surface area (Å²) in [6.45, 7) is 5.58. The lowest BCUT2D eigenvalue weighted by Gasteiger charge is -2.47. The first-order valence-electron chi connectivity index (χ1n) is 12.6. The van der Waals surface area contributed by atoms with Crippen molar-refractivity contribution in [2.45, 2.75) is 114 Å². The number of hydrogen-bond acceptors (Lipinski definition) is 4. The van der Waals surface area contributed by atoms with E-state index in [1.54, 1.807) is 6.92 Å². The van der Waals surface area contributed by atoms with Crippen LogP contribution in [0.3, 0.4) is 0 Å². The molecule has 6 nitrogen and oxygen atoms in total. The third-order valence-corrected chi connectivity index (χ3v) is 9.05. The quantitative estimate of drug-likeness (QED) is 0.715. The largest absolute Gasteiger partial charge is 0.352 e. The molecule has 3 heterocycles. The molecule has 3 aliphatic heterocycles. The van der Waals surface area contributed by atoms with Crippen molar-refractivity contribution in [3.63, 3.8) is 0 Å². The molecule has 5 fully saturated rings. The highest BCUT2D eigenvalue weighted by atomic mass is 19.1. The Hall–Kier alpha value is -1.21.